The zero-order valence-electron chi connectivity index (χ0n) is 19.8. The molecule has 0 spiro atoms. The van der Waals surface area contributed by atoms with Crippen LogP contribution in [0.5, 0.6) is 11.5 Å². The van der Waals surface area contributed by atoms with Gasteiger partial charge in [-0.2, -0.15) is 0 Å². The predicted octanol–water partition coefficient (Wildman–Crippen LogP) is 4.08. The summed E-state index contributed by atoms with van der Waals surface area (Å²) in [5.41, 5.74) is 1.78. The summed E-state index contributed by atoms with van der Waals surface area (Å²) in [5, 5.41) is 40.1. The minimum absolute atomic E-state index is 0. The van der Waals surface area contributed by atoms with E-state index < -0.39 is 11.9 Å². The van der Waals surface area contributed by atoms with Crippen LogP contribution in [-0.2, 0) is 12.8 Å². The summed E-state index contributed by atoms with van der Waals surface area (Å²) in [6, 6.07) is 8.70. The van der Waals surface area contributed by atoms with Gasteiger partial charge in [-0.25, -0.2) is 4.79 Å². The number of benzene rings is 2. The Morgan fingerprint density at radius 1 is 0.788 bits per heavy atom. The zero-order chi connectivity index (χ0) is 23.9. The molecule has 2 rings (SSSR count). The van der Waals surface area contributed by atoms with E-state index in [0.29, 0.717) is 12.0 Å². The summed E-state index contributed by atoms with van der Waals surface area (Å²) < 4.78 is 0. The van der Waals surface area contributed by atoms with Gasteiger partial charge in [-0.05, 0) is 54.5 Å². The van der Waals surface area contributed by atoms with Crippen LogP contribution in [0.2, 0.25) is 0 Å². The van der Waals surface area contributed by atoms with Crippen molar-refractivity contribution in [1.82, 2.24) is 0 Å². The molecule has 0 amide bonds. The summed E-state index contributed by atoms with van der Waals surface area (Å²) in [6.45, 7) is 4.27. The molecule has 0 saturated carbocycles. The first kappa shape index (κ1) is 31.2. The maximum atomic E-state index is 11.0. The second-order valence-corrected chi connectivity index (χ2v) is 7.87. The number of hydrogen-bond acceptors (Lipinski definition) is 5. The van der Waals surface area contributed by atoms with Gasteiger partial charge in [0, 0.05) is 0 Å². The molecular formula is C26H34CaO6. The molecule has 33 heavy (non-hydrogen) atoms. The van der Waals surface area contributed by atoms with E-state index in [9.17, 15) is 24.9 Å². The number of rotatable bonds is 12. The molecule has 2 N–H and O–H groups in total. The number of carboxylic acid groups (broad SMARTS) is 2. The minimum Gasteiger partial charge on any atom is -0.872 e. The number of aromatic carboxylic acids is 2. The van der Waals surface area contributed by atoms with Crippen LogP contribution >= 0.6 is 0 Å². The molecule has 176 valence electrons. The quantitative estimate of drug-likeness (QED) is 0.347. The molecule has 0 bridgehead atoms. The largest absolute Gasteiger partial charge is 2.00 e. The van der Waals surface area contributed by atoms with Crippen molar-refractivity contribution in [2.75, 3.05) is 0 Å². The normalized spacial score (nSPS) is 10.0. The number of aromatic hydroxyl groups is 1. The topological polar surface area (TPSA) is 121 Å². The van der Waals surface area contributed by atoms with Crippen LogP contribution in [0.3, 0.4) is 0 Å². The maximum Gasteiger partial charge on any atom is 2.00 e. The van der Waals surface area contributed by atoms with Gasteiger partial charge in [0.15, 0.2) is 0 Å². The van der Waals surface area contributed by atoms with Gasteiger partial charge in [0.1, 0.15) is 5.75 Å². The van der Waals surface area contributed by atoms with Crippen LogP contribution in [-0.4, -0.2) is 59.9 Å². The maximum absolute atomic E-state index is 11.0. The molecule has 0 aromatic heterocycles. The van der Waals surface area contributed by atoms with E-state index in [4.69, 9.17) is 5.11 Å². The van der Waals surface area contributed by atoms with Crippen LogP contribution in [0.1, 0.15) is 97.1 Å². The number of phenols is 1. The average Bonchev–Trinajstić information content (AvgIpc) is 2.76. The fourth-order valence-electron chi connectivity index (χ4n) is 3.43. The summed E-state index contributed by atoms with van der Waals surface area (Å²) in [7, 11) is 0. The molecule has 0 aliphatic carbocycles. The van der Waals surface area contributed by atoms with Crippen molar-refractivity contribution in [2.24, 2.45) is 0 Å². The molecule has 0 unspecified atom stereocenters. The molecule has 0 fully saturated rings. The molecule has 6 nitrogen and oxygen atoms in total. The number of carbonyl (C=O) groups excluding carboxylic acids is 1. The fourth-order valence-corrected chi connectivity index (χ4v) is 3.43. The van der Waals surface area contributed by atoms with Gasteiger partial charge in [0.2, 0.25) is 0 Å². The number of phenolic OH excluding ortho intramolecular Hbond substituents is 1. The molecule has 0 saturated heterocycles. The van der Waals surface area contributed by atoms with E-state index in [-0.39, 0.29) is 60.4 Å². The Hall–Kier alpha value is -1.76. The minimum atomic E-state index is -1.26. The molecule has 0 atom stereocenters. The van der Waals surface area contributed by atoms with Crippen molar-refractivity contribution in [1.29, 1.82) is 0 Å². The Kier molecular flexibility index (Phi) is 16.7. The number of aryl methyl sites for hydroxylation is 2. The van der Waals surface area contributed by atoms with Crippen molar-refractivity contribution in [2.45, 2.75) is 78.1 Å². The van der Waals surface area contributed by atoms with Crippen LogP contribution in [0, 0.1) is 0 Å². The van der Waals surface area contributed by atoms with Gasteiger partial charge in [-0.1, -0.05) is 76.6 Å². The number of unbranched alkanes of at least 4 members (excludes halogenated alkanes) is 6. The Bertz CT molecular complexity index is 794. The molecule has 0 radical (unpaired) electrons. The Morgan fingerprint density at radius 2 is 1.30 bits per heavy atom. The Labute approximate surface area is 226 Å². The summed E-state index contributed by atoms with van der Waals surface area (Å²) in [4.78, 5) is 21.8. The van der Waals surface area contributed by atoms with Gasteiger partial charge >= 0.3 is 43.7 Å². The molecule has 0 aliphatic rings. The standard InChI is InChI=1S/2C13H18O3.Ca/c2*1-2-3-4-5-6-10-7-8-11(14)9-12(10)13(15)16;/h2*7-9,14H,2-6H2,1H3,(H,15,16);/q;;+2/p-2. The molecule has 2 aromatic rings. The SMILES string of the molecule is CCCCCCc1ccc(O)cc1C(=O)O.CCCCCCc1ccc([O-])cc1C(=O)[O-].[Ca+2]. The second kappa shape index (κ2) is 17.7. The van der Waals surface area contributed by atoms with E-state index >= 15 is 0 Å². The summed E-state index contributed by atoms with van der Waals surface area (Å²) >= 11 is 0. The first-order chi connectivity index (χ1) is 15.3. The van der Waals surface area contributed by atoms with Crippen molar-refractivity contribution >= 4 is 49.7 Å². The van der Waals surface area contributed by atoms with E-state index in [0.717, 1.165) is 56.6 Å². The van der Waals surface area contributed by atoms with Crippen molar-refractivity contribution in [3.8, 4) is 11.5 Å². The third kappa shape index (κ3) is 12.3. The molecular weight excluding hydrogens is 448 g/mol. The zero-order valence-corrected chi connectivity index (χ0v) is 22.0. The predicted molar refractivity (Wildman–Crippen MR) is 127 cm³/mol. The van der Waals surface area contributed by atoms with Crippen LogP contribution < -0.4 is 10.2 Å². The van der Waals surface area contributed by atoms with Gasteiger partial charge in [0.05, 0.1) is 11.5 Å². The molecule has 7 heteroatoms. The van der Waals surface area contributed by atoms with E-state index in [2.05, 4.69) is 13.8 Å². The van der Waals surface area contributed by atoms with Crippen molar-refractivity contribution in [3.63, 3.8) is 0 Å². The van der Waals surface area contributed by atoms with Crippen LogP contribution in [0.25, 0.3) is 0 Å². The summed E-state index contributed by atoms with van der Waals surface area (Å²) in [5.74, 6) is -2.50. The Morgan fingerprint density at radius 3 is 1.79 bits per heavy atom. The average molecular weight is 483 g/mol. The first-order valence-electron chi connectivity index (χ1n) is 11.4. The first-order valence-corrected chi connectivity index (χ1v) is 11.4. The Balaban J connectivity index is 0.000000602. The fraction of sp³-hybridized carbons (Fsp3) is 0.462. The second-order valence-electron chi connectivity index (χ2n) is 7.87. The monoisotopic (exact) mass is 482 g/mol. The smallest absolute Gasteiger partial charge is 0.872 e. The number of hydrogen-bond donors (Lipinski definition) is 2. The molecule has 2 aromatic carbocycles. The molecule has 0 heterocycles. The van der Waals surface area contributed by atoms with Crippen molar-refractivity contribution < 1.29 is 30.0 Å². The third-order valence-corrected chi connectivity index (χ3v) is 5.22. The van der Waals surface area contributed by atoms with Gasteiger partial charge < -0.3 is 25.2 Å². The number of carboxylic acids is 2. The van der Waals surface area contributed by atoms with E-state index in [1.165, 1.54) is 25.0 Å². The number of carbonyl (C=O) groups is 2. The van der Waals surface area contributed by atoms with Crippen molar-refractivity contribution in [3.05, 3.63) is 58.7 Å². The van der Waals surface area contributed by atoms with Crippen LogP contribution in [0.15, 0.2) is 36.4 Å². The van der Waals surface area contributed by atoms with Gasteiger partial charge in [0.25, 0.3) is 0 Å². The van der Waals surface area contributed by atoms with E-state index in [1.54, 1.807) is 18.2 Å². The van der Waals surface area contributed by atoms with Gasteiger partial charge in [-0.15, -0.1) is 5.75 Å². The third-order valence-electron chi connectivity index (χ3n) is 5.22. The molecule has 0 aliphatic heterocycles. The van der Waals surface area contributed by atoms with Crippen LogP contribution in [0.4, 0.5) is 0 Å². The van der Waals surface area contributed by atoms with E-state index in [1.807, 2.05) is 0 Å². The summed E-state index contributed by atoms with van der Waals surface area (Å²) in [6.07, 6.45) is 10.3. The van der Waals surface area contributed by atoms with Gasteiger partial charge in [-0.3, -0.25) is 0 Å².